The highest BCUT2D eigenvalue weighted by Gasteiger charge is 2.37. The lowest BCUT2D eigenvalue weighted by molar-refractivity contribution is -0.157. The first kappa shape index (κ1) is 33.4. The second kappa shape index (κ2) is 13.7. The van der Waals surface area contributed by atoms with Gasteiger partial charge in [-0.1, -0.05) is 12.1 Å². The van der Waals surface area contributed by atoms with Crippen LogP contribution in [0.4, 0.5) is 23.8 Å². The van der Waals surface area contributed by atoms with E-state index in [-0.39, 0.29) is 29.9 Å². The lowest BCUT2D eigenvalue weighted by atomic mass is 9.89. The molecule has 242 valence electrons. The Hall–Kier alpha value is -3.49. The Labute approximate surface area is 255 Å². The summed E-state index contributed by atoms with van der Waals surface area (Å²) in [6.07, 6.45) is 0.368. The predicted molar refractivity (Wildman–Crippen MR) is 161 cm³/mol. The number of anilines is 1. The zero-order valence-electron chi connectivity index (χ0n) is 25.5. The van der Waals surface area contributed by atoms with Crippen LogP contribution < -0.4 is 22.5 Å². The number of hydrogen-bond acceptors (Lipinski definition) is 7. The predicted octanol–water partition coefficient (Wildman–Crippen LogP) is 2.71. The SMILES string of the molecule is CC(Cc1ccc(-n2ccc(NC(=O)N3CCN(C(=O)C(C)(C)N)CC3)nc2=O)cc1)N(CC(F)(F)F)C1CCC(N)CC1. The Bertz CT molecular complexity index is 1340. The van der Waals surface area contributed by atoms with Gasteiger partial charge >= 0.3 is 17.9 Å². The van der Waals surface area contributed by atoms with E-state index in [2.05, 4.69) is 10.3 Å². The summed E-state index contributed by atoms with van der Waals surface area (Å²) in [6, 6.07) is 7.67. The maximum Gasteiger partial charge on any atom is 0.401 e. The molecule has 1 unspecified atom stereocenters. The average Bonchev–Trinajstić information content (AvgIpc) is 2.96. The van der Waals surface area contributed by atoms with Gasteiger partial charge in [-0.15, -0.1) is 0 Å². The summed E-state index contributed by atoms with van der Waals surface area (Å²) in [4.78, 5) is 46.6. The van der Waals surface area contributed by atoms with Crippen LogP contribution >= 0.6 is 0 Å². The number of nitrogens with two attached hydrogens (primary N) is 2. The molecule has 5 N–H and O–H groups in total. The third-order valence-corrected chi connectivity index (χ3v) is 8.33. The number of carbonyl (C=O) groups is 2. The molecule has 11 nitrogen and oxygen atoms in total. The van der Waals surface area contributed by atoms with Crippen LogP contribution in [0.25, 0.3) is 5.69 Å². The molecule has 0 radical (unpaired) electrons. The first-order valence-corrected chi connectivity index (χ1v) is 15.0. The van der Waals surface area contributed by atoms with Gasteiger partial charge in [-0.2, -0.15) is 18.2 Å². The summed E-state index contributed by atoms with van der Waals surface area (Å²) in [7, 11) is 0. The number of nitrogens with one attached hydrogen (secondary N) is 1. The highest BCUT2D eigenvalue weighted by atomic mass is 19.4. The van der Waals surface area contributed by atoms with E-state index in [4.69, 9.17) is 11.5 Å². The van der Waals surface area contributed by atoms with Gasteiger partial charge in [0.25, 0.3) is 0 Å². The number of piperazine rings is 1. The molecule has 2 aliphatic rings. The molecule has 44 heavy (non-hydrogen) atoms. The minimum absolute atomic E-state index is 0.0499. The first-order valence-electron chi connectivity index (χ1n) is 15.0. The number of benzene rings is 1. The van der Waals surface area contributed by atoms with Crippen LogP contribution in [0.15, 0.2) is 41.3 Å². The van der Waals surface area contributed by atoms with Crippen LogP contribution in [0.3, 0.4) is 0 Å². The fraction of sp³-hybridized carbons (Fsp3) is 0.600. The van der Waals surface area contributed by atoms with Crippen molar-refractivity contribution in [3.8, 4) is 5.69 Å². The van der Waals surface area contributed by atoms with Crippen molar-refractivity contribution in [3.05, 3.63) is 52.6 Å². The number of rotatable bonds is 8. The van der Waals surface area contributed by atoms with E-state index >= 15 is 0 Å². The van der Waals surface area contributed by atoms with Gasteiger partial charge in [0.15, 0.2) is 0 Å². The fourth-order valence-corrected chi connectivity index (χ4v) is 5.91. The topological polar surface area (TPSA) is 143 Å². The quantitative estimate of drug-likeness (QED) is 0.412. The van der Waals surface area contributed by atoms with Gasteiger partial charge in [-0.3, -0.25) is 19.6 Å². The van der Waals surface area contributed by atoms with E-state index in [1.165, 1.54) is 16.8 Å². The third-order valence-electron chi connectivity index (χ3n) is 8.33. The molecule has 1 aromatic heterocycles. The molecule has 2 heterocycles. The van der Waals surface area contributed by atoms with Crippen LogP contribution in [-0.2, 0) is 11.2 Å². The number of alkyl halides is 3. The van der Waals surface area contributed by atoms with Crippen LogP contribution in [0.5, 0.6) is 0 Å². The molecule has 1 saturated heterocycles. The molecule has 14 heteroatoms. The largest absolute Gasteiger partial charge is 0.401 e. The Morgan fingerprint density at radius 2 is 1.61 bits per heavy atom. The molecule has 1 aliphatic carbocycles. The number of halogens is 3. The maximum atomic E-state index is 13.4. The van der Waals surface area contributed by atoms with E-state index in [1.807, 2.05) is 6.92 Å². The van der Waals surface area contributed by atoms with Gasteiger partial charge < -0.3 is 21.3 Å². The summed E-state index contributed by atoms with van der Waals surface area (Å²) in [5, 5.41) is 2.63. The number of amides is 3. The Morgan fingerprint density at radius 3 is 2.16 bits per heavy atom. The van der Waals surface area contributed by atoms with Crippen molar-refractivity contribution in [1.82, 2.24) is 24.3 Å². The zero-order valence-corrected chi connectivity index (χ0v) is 25.5. The Balaban J connectivity index is 1.35. The number of urea groups is 1. The Morgan fingerprint density at radius 1 is 1.02 bits per heavy atom. The minimum atomic E-state index is -4.30. The second-order valence-electron chi connectivity index (χ2n) is 12.5. The van der Waals surface area contributed by atoms with E-state index in [1.54, 1.807) is 52.8 Å². The van der Waals surface area contributed by atoms with Gasteiger partial charge in [-0.05, 0) is 76.6 Å². The number of aromatic nitrogens is 2. The molecule has 4 rings (SSSR count). The van der Waals surface area contributed by atoms with E-state index in [0.717, 1.165) is 18.4 Å². The van der Waals surface area contributed by atoms with Crippen molar-refractivity contribution < 1.29 is 22.8 Å². The maximum absolute atomic E-state index is 13.4. The van der Waals surface area contributed by atoms with Crippen molar-refractivity contribution in [2.75, 3.05) is 38.0 Å². The van der Waals surface area contributed by atoms with Crippen molar-refractivity contribution in [2.24, 2.45) is 11.5 Å². The summed E-state index contributed by atoms with van der Waals surface area (Å²) < 4.78 is 41.6. The van der Waals surface area contributed by atoms with Crippen molar-refractivity contribution >= 4 is 17.8 Å². The van der Waals surface area contributed by atoms with E-state index in [9.17, 15) is 27.6 Å². The molecule has 2 fully saturated rings. The molecule has 1 aromatic carbocycles. The molecule has 0 spiro atoms. The van der Waals surface area contributed by atoms with Gasteiger partial charge in [-0.25, -0.2) is 9.59 Å². The van der Waals surface area contributed by atoms with Gasteiger partial charge in [0.1, 0.15) is 5.82 Å². The van der Waals surface area contributed by atoms with Crippen LogP contribution in [0, 0.1) is 0 Å². The zero-order chi connectivity index (χ0) is 32.2. The number of hydrogen-bond donors (Lipinski definition) is 3. The van der Waals surface area contributed by atoms with Crippen LogP contribution in [-0.4, -0.2) is 98.8 Å². The van der Waals surface area contributed by atoms with Crippen molar-refractivity contribution in [2.45, 2.75) is 82.7 Å². The average molecular weight is 621 g/mol. The van der Waals surface area contributed by atoms with Gasteiger partial charge in [0, 0.05) is 50.5 Å². The van der Waals surface area contributed by atoms with Crippen molar-refractivity contribution in [3.63, 3.8) is 0 Å². The minimum Gasteiger partial charge on any atom is -0.338 e. The summed E-state index contributed by atoms with van der Waals surface area (Å²) >= 11 is 0. The van der Waals surface area contributed by atoms with Crippen LogP contribution in [0.2, 0.25) is 0 Å². The highest BCUT2D eigenvalue weighted by molar-refractivity contribution is 5.89. The molecular formula is C30H43F3N8O3. The fourth-order valence-electron chi connectivity index (χ4n) is 5.91. The lowest BCUT2D eigenvalue weighted by Crippen LogP contribution is -2.58. The normalized spacial score (nSPS) is 20.5. The standard InChI is InChI=1S/C30H43F3N8O3/c1-20(41(19-30(31,32)33)24-10-6-22(34)7-11-24)18-21-4-8-23(9-5-21)40-13-12-25(37-28(40)44)36-27(43)39-16-14-38(15-17-39)26(42)29(2,3)35/h4-5,8-9,12-13,20,22,24H,6-7,10-11,14-19,34-35H2,1-3H3,(H,36,37,43,44). The Kier molecular flexibility index (Phi) is 10.4. The summed E-state index contributed by atoms with van der Waals surface area (Å²) in [5.41, 5.74) is 11.7. The molecule has 1 saturated carbocycles. The smallest absolute Gasteiger partial charge is 0.338 e. The molecule has 1 aliphatic heterocycles. The number of carbonyl (C=O) groups excluding carboxylic acids is 2. The van der Waals surface area contributed by atoms with E-state index < -0.39 is 30.0 Å². The lowest BCUT2D eigenvalue weighted by Gasteiger charge is -2.40. The molecule has 1 atom stereocenters. The first-order chi connectivity index (χ1) is 20.6. The molecular weight excluding hydrogens is 577 g/mol. The molecule has 3 amide bonds. The molecule has 0 bridgehead atoms. The third kappa shape index (κ3) is 8.79. The monoisotopic (exact) mass is 620 g/mol. The van der Waals surface area contributed by atoms with Gasteiger partial charge in [0.2, 0.25) is 5.91 Å². The highest BCUT2D eigenvalue weighted by Crippen LogP contribution is 2.29. The van der Waals surface area contributed by atoms with Crippen LogP contribution in [0.1, 0.15) is 52.0 Å². The molecule has 2 aromatic rings. The van der Waals surface area contributed by atoms with Crippen molar-refractivity contribution in [1.29, 1.82) is 0 Å². The van der Waals surface area contributed by atoms with E-state index in [0.29, 0.717) is 51.1 Å². The number of nitrogens with zero attached hydrogens (tertiary/aromatic N) is 5. The summed E-state index contributed by atoms with van der Waals surface area (Å²) in [6.45, 7) is 5.48. The second-order valence-corrected chi connectivity index (χ2v) is 12.5. The van der Waals surface area contributed by atoms with Gasteiger partial charge in [0.05, 0.1) is 17.8 Å². The summed E-state index contributed by atoms with van der Waals surface area (Å²) in [5.74, 6) is -0.0874.